The summed E-state index contributed by atoms with van der Waals surface area (Å²) in [4.78, 5) is 6.97. The first-order valence-electron chi connectivity index (χ1n) is 8.19. The van der Waals surface area contributed by atoms with Gasteiger partial charge in [0.15, 0.2) is 17.5 Å². The molecule has 7 heteroatoms. The van der Waals surface area contributed by atoms with Gasteiger partial charge >= 0.3 is 0 Å². The Bertz CT molecular complexity index is 705. The molecule has 1 aromatic heterocycles. The van der Waals surface area contributed by atoms with Crippen molar-refractivity contribution in [2.45, 2.75) is 26.0 Å². The summed E-state index contributed by atoms with van der Waals surface area (Å²) in [6.07, 6.45) is 1.05. The molecular weight excluding hydrogens is 449 g/mol. The summed E-state index contributed by atoms with van der Waals surface area (Å²) in [5.41, 5.74) is 0. The molecule has 3 rings (SSSR count). The number of guanidine groups is 1. The molecule has 1 unspecified atom stereocenters. The van der Waals surface area contributed by atoms with Crippen LogP contribution in [-0.2, 0) is 13.0 Å². The van der Waals surface area contributed by atoms with Gasteiger partial charge in [0.2, 0.25) is 0 Å². The molecule has 0 fully saturated rings. The molecule has 1 aromatic carbocycles. The third-order valence-corrected chi connectivity index (χ3v) is 5.01. The van der Waals surface area contributed by atoms with Crippen molar-refractivity contribution in [3.05, 3.63) is 46.2 Å². The predicted molar refractivity (Wildman–Crippen MR) is 114 cm³/mol. The normalized spacial score (nSPS) is 16.1. The highest BCUT2D eigenvalue weighted by Gasteiger charge is 2.20. The average molecular weight is 473 g/mol. The van der Waals surface area contributed by atoms with Crippen molar-refractivity contribution < 1.29 is 9.47 Å². The lowest BCUT2D eigenvalue weighted by Crippen LogP contribution is -2.45. The number of fused-ring (bicyclic) bond motifs is 1. The number of benzene rings is 1. The highest BCUT2D eigenvalue weighted by Crippen LogP contribution is 2.30. The second-order valence-electron chi connectivity index (χ2n) is 5.53. The summed E-state index contributed by atoms with van der Waals surface area (Å²) in [7, 11) is 1.77. The Balaban J connectivity index is 0.00000225. The Morgan fingerprint density at radius 3 is 2.64 bits per heavy atom. The van der Waals surface area contributed by atoms with E-state index in [4.69, 9.17) is 9.47 Å². The Hall–Kier alpha value is -1.48. The van der Waals surface area contributed by atoms with Crippen LogP contribution in [0.4, 0.5) is 0 Å². The molecule has 2 N–H and O–H groups in total. The number of para-hydroxylation sites is 2. The van der Waals surface area contributed by atoms with Gasteiger partial charge in [-0.25, -0.2) is 0 Å². The SMILES string of the molecule is CCc1ccc(CNC(=NC)NCC2COc3ccccc3O2)s1.I. The van der Waals surface area contributed by atoms with Crippen molar-refractivity contribution in [1.29, 1.82) is 0 Å². The van der Waals surface area contributed by atoms with E-state index >= 15 is 0 Å². The smallest absolute Gasteiger partial charge is 0.191 e. The molecule has 0 spiro atoms. The molecule has 2 aromatic rings. The number of aliphatic imine (C=N–C) groups is 1. The van der Waals surface area contributed by atoms with Gasteiger partial charge in [0.05, 0.1) is 13.1 Å². The zero-order valence-corrected chi connectivity index (χ0v) is 17.6. The minimum atomic E-state index is -0.0353. The van der Waals surface area contributed by atoms with Crippen molar-refractivity contribution in [2.75, 3.05) is 20.2 Å². The highest BCUT2D eigenvalue weighted by molar-refractivity contribution is 14.0. The summed E-state index contributed by atoms with van der Waals surface area (Å²) < 4.78 is 11.7. The van der Waals surface area contributed by atoms with E-state index in [-0.39, 0.29) is 30.1 Å². The Kier molecular flexibility index (Phi) is 7.83. The molecule has 0 radical (unpaired) electrons. The molecule has 0 aliphatic carbocycles. The van der Waals surface area contributed by atoms with Crippen LogP contribution in [0.15, 0.2) is 41.4 Å². The summed E-state index contributed by atoms with van der Waals surface area (Å²) in [5, 5.41) is 6.63. The highest BCUT2D eigenvalue weighted by atomic mass is 127. The summed E-state index contributed by atoms with van der Waals surface area (Å²) in [5.74, 6) is 2.37. The van der Waals surface area contributed by atoms with Gasteiger partial charge in [-0.3, -0.25) is 4.99 Å². The number of nitrogens with one attached hydrogen (secondary N) is 2. The molecule has 0 saturated heterocycles. The molecule has 0 bridgehead atoms. The summed E-state index contributed by atoms with van der Waals surface area (Å²) >= 11 is 1.83. The van der Waals surface area contributed by atoms with Gasteiger partial charge in [-0.15, -0.1) is 35.3 Å². The van der Waals surface area contributed by atoms with Crippen molar-refractivity contribution >= 4 is 41.3 Å². The van der Waals surface area contributed by atoms with E-state index in [1.165, 1.54) is 9.75 Å². The third-order valence-electron chi connectivity index (χ3n) is 3.78. The van der Waals surface area contributed by atoms with Crippen LogP contribution in [-0.4, -0.2) is 32.3 Å². The topological polar surface area (TPSA) is 54.9 Å². The van der Waals surface area contributed by atoms with E-state index in [0.29, 0.717) is 13.2 Å². The standard InChI is InChI=1S/C18H23N3O2S.HI/c1-3-14-8-9-15(24-14)11-21-18(19-2)20-10-13-12-22-16-6-4-5-7-17(16)23-13;/h4-9,13H,3,10-12H2,1-2H3,(H2,19,20,21);1H. The molecule has 136 valence electrons. The Labute approximate surface area is 169 Å². The van der Waals surface area contributed by atoms with Gasteiger partial charge in [-0.1, -0.05) is 19.1 Å². The Morgan fingerprint density at radius 1 is 1.16 bits per heavy atom. The monoisotopic (exact) mass is 473 g/mol. The van der Waals surface area contributed by atoms with E-state index in [1.807, 2.05) is 35.6 Å². The number of thiophene rings is 1. The maximum atomic E-state index is 5.94. The zero-order valence-electron chi connectivity index (χ0n) is 14.5. The molecule has 25 heavy (non-hydrogen) atoms. The van der Waals surface area contributed by atoms with Crippen LogP contribution in [0.25, 0.3) is 0 Å². The first kappa shape index (κ1) is 19.8. The van der Waals surface area contributed by atoms with Crippen molar-refractivity contribution in [3.63, 3.8) is 0 Å². The van der Waals surface area contributed by atoms with Crippen LogP contribution < -0.4 is 20.1 Å². The fourth-order valence-electron chi connectivity index (χ4n) is 2.47. The first-order valence-corrected chi connectivity index (χ1v) is 9.00. The molecular formula is C18H24IN3O2S. The van der Waals surface area contributed by atoms with Crippen molar-refractivity contribution in [3.8, 4) is 11.5 Å². The molecule has 1 aliphatic heterocycles. The first-order chi connectivity index (χ1) is 11.8. The lowest BCUT2D eigenvalue weighted by atomic mass is 10.2. The predicted octanol–water partition coefficient (Wildman–Crippen LogP) is 3.43. The van der Waals surface area contributed by atoms with Crippen LogP contribution in [0.1, 0.15) is 16.7 Å². The molecule has 1 aliphatic rings. The van der Waals surface area contributed by atoms with Gasteiger partial charge < -0.3 is 20.1 Å². The zero-order chi connectivity index (χ0) is 16.8. The van der Waals surface area contributed by atoms with Crippen LogP contribution in [0, 0.1) is 0 Å². The number of ether oxygens (including phenoxy) is 2. The molecule has 2 heterocycles. The Morgan fingerprint density at radius 2 is 1.92 bits per heavy atom. The third kappa shape index (κ3) is 5.50. The second kappa shape index (κ2) is 9.86. The molecule has 0 saturated carbocycles. The largest absolute Gasteiger partial charge is 0.486 e. The number of hydrogen-bond donors (Lipinski definition) is 2. The quantitative estimate of drug-likeness (QED) is 0.397. The number of rotatable bonds is 5. The second-order valence-corrected chi connectivity index (χ2v) is 6.78. The van der Waals surface area contributed by atoms with Crippen LogP contribution >= 0.6 is 35.3 Å². The van der Waals surface area contributed by atoms with Gasteiger partial charge in [-0.05, 0) is 30.7 Å². The fourth-order valence-corrected chi connectivity index (χ4v) is 3.37. The van der Waals surface area contributed by atoms with Crippen LogP contribution in [0.3, 0.4) is 0 Å². The van der Waals surface area contributed by atoms with E-state index in [1.54, 1.807) is 7.05 Å². The lowest BCUT2D eigenvalue weighted by molar-refractivity contribution is 0.0936. The number of hydrogen-bond acceptors (Lipinski definition) is 4. The maximum Gasteiger partial charge on any atom is 0.191 e. The van der Waals surface area contributed by atoms with Crippen LogP contribution in [0.2, 0.25) is 0 Å². The van der Waals surface area contributed by atoms with Gasteiger partial charge in [0.25, 0.3) is 0 Å². The maximum absolute atomic E-state index is 5.94. The van der Waals surface area contributed by atoms with Gasteiger partial charge in [0, 0.05) is 16.8 Å². The molecule has 5 nitrogen and oxygen atoms in total. The van der Waals surface area contributed by atoms with Crippen LogP contribution in [0.5, 0.6) is 11.5 Å². The van der Waals surface area contributed by atoms with E-state index < -0.39 is 0 Å². The number of aryl methyl sites for hydroxylation is 1. The molecule has 0 amide bonds. The van der Waals surface area contributed by atoms with E-state index in [9.17, 15) is 0 Å². The number of nitrogens with zero attached hydrogens (tertiary/aromatic N) is 1. The average Bonchev–Trinajstić information content (AvgIpc) is 3.10. The molecule has 1 atom stereocenters. The minimum Gasteiger partial charge on any atom is -0.486 e. The van der Waals surface area contributed by atoms with Gasteiger partial charge in [-0.2, -0.15) is 0 Å². The van der Waals surface area contributed by atoms with Crippen molar-refractivity contribution in [1.82, 2.24) is 10.6 Å². The van der Waals surface area contributed by atoms with E-state index in [2.05, 4.69) is 34.7 Å². The number of halogens is 1. The van der Waals surface area contributed by atoms with E-state index in [0.717, 1.165) is 30.4 Å². The summed E-state index contributed by atoms with van der Waals surface area (Å²) in [6, 6.07) is 12.1. The lowest BCUT2D eigenvalue weighted by Gasteiger charge is -2.27. The van der Waals surface area contributed by atoms with Gasteiger partial charge in [0.1, 0.15) is 12.7 Å². The van der Waals surface area contributed by atoms with Crippen molar-refractivity contribution in [2.24, 2.45) is 4.99 Å². The fraction of sp³-hybridized carbons (Fsp3) is 0.389. The minimum absolute atomic E-state index is 0. The summed E-state index contributed by atoms with van der Waals surface area (Å²) in [6.45, 7) is 4.12.